The molecule has 1 aliphatic heterocycles. The highest BCUT2D eigenvalue weighted by Crippen LogP contribution is 2.40. The fourth-order valence-electron chi connectivity index (χ4n) is 1.92. The Hall–Kier alpha value is -2.23. The second kappa shape index (κ2) is 6.71. The summed E-state index contributed by atoms with van der Waals surface area (Å²) in [5.74, 6) is -2.24. The minimum absolute atomic E-state index is 0.0370. The van der Waals surface area contributed by atoms with E-state index in [0.717, 1.165) is 23.9 Å². The molecule has 0 radical (unpaired) electrons. The first-order valence-electron chi connectivity index (χ1n) is 6.75. The third-order valence-electron chi connectivity index (χ3n) is 3.19. The van der Waals surface area contributed by atoms with E-state index < -0.39 is 40.9 Å². The number of carbonyl (C=O) groups is 3. The van der Waals surface area contributed by atoms with Crippen molar-refractivity contribution in [2.45, 2.75) is 35.8 Å². The zero-order chi connectivity index (χ0) is 18.1. The minimum atomic E-state index is -4.52. The van der Waals surface area contributed by atoms with Gasteiger partial charge in [-0.1, -0.05) is 0 Å². The van der Waals surface area contributed by atoms with Crippen LogP contribution in [0.15, 0.2) is 23.1 Å². The van der Waals surface area contributed by atoms with Gasteiger partial charge in [-0.2, -0.15) is 13.2 Å². The number of halogens is 3. The largest absolute Gasteiger partial charge is 0.453 e. The van der Waals surface area contributed by atoms with Gasteiger partial charge in [0.1, 0.15) is 0 Å². The molecule has 1 heterocycles. The SMILES string of the molecule is C[C@@H](OC(=O)C[C@@H]1Sc2ccc(C(F)(F)F)cc2NC1=O)C(N)=O. The van der Waals surface area contributed by atoms with E-state index in [0.29, 0.717) is 4.90 Å². The lowest BCUT2D eigenvalue weighted by Gasteiger charge is -2.24. The molecule has 0 bridgehead atoms. The third-order valence-corrected chi connectivity index (χ3v) is 4.46. The first-order valence-corrected chi connectivity index (χ1v) is 7.63. The van der Waals surface area contributed by atoms with Crippen LogP contribution >= 0.6 is 11.8 Å². The van der Waals surface area contributed by atoms with Crippen molar-refractivity contribution in [3.05, 3.63) is 23.8 Å². The summed E-state index contributed by atoms with van der Waals surface area (Å²) in [5, 5.41) is 1.47. The van der Waals surface area contributed by atoms with Crippen molar-refractivity contribution >= 4 is 35.2 Å². The molecule has 0 saturated carbocycles. The first-order chi connectivity index (χ1) is 11.1. The molecule has 0 unspecified atom stereocenters. The smallest absolute Gasteiger partial charge is 0.416 e. The summed E-state index contributed by atoms with van der Waals surface area (Å²) in [6, 6.07) is 2.96. The normalized spacial score (nSPS) is 18.3. The molecule has 2 rings (SSSR count). The number of thioether (sulfide) groups is 1. The summed E-state index contributed by atoms with van der Waals surface area (Å²) >= 11 is 0.952. The molecule has 1 aromatic rings. The summed E-state index contributed by atoms with van der Waals surface area (Å²) in [4.78, 5) is 34.9. The molecule has 0 fully saturated rings. The molecule has 10 heteroatoms. The summed E-state index contributed by atoms with van der Waals surface area (Å²) < 4.78 is 42.8. The van der Waals surface area contributed by atoms with Crippen LogP contribution in [0.1, 0.15) is 18.9 Å². The number of fused-ring (bicyclic) bond motifs is 1. The van der Waals surface area contributed by atoms with Gasteiger partial charge in [0.25, 0.3) is 5.91 Å². The average molecular weight is 362 g/mol. The number of nitrogens with one attached hydrogen (secondary N) is 1. The van der Waals surface area contributed by atoms with Gasteiger partial charge >= 0.3 is 12.1 Å². The average Bonchev–Trinajstić information content (AvgIpc) is 2.46. The molecular weight excluding hydrogens is 349 g/mol. The Bertz CT molecular complexity index is 693. The minimum Gasteiger partial charge on any atom is -0.453 e. The van der Waals surface area contributed by atoms with Crippen LogP contribution in [-0.2, 0) is 25.3 Å². The maximum atomic E-state index is 12.7. The molecule has 2 amide bonds. The second-order valence-electron chi connectivity index (χ2n) is 5.04. The van der Waals surface area contributed by atoms with E-state index in [4.69, 9.17) is 10.5 Å². The molecule has 0 saturated heterocycles. The van der Waals surface area contributed by atoms with Gasteiger partial charge in [-0.05, 0) is 25.1 Å². The molecule has 24 heavy (non-hydrogen) atoms. The van der Waals surface area contributed by atoms with E-state index in [9.17, 15) is 27.6 Å². The van der Waals surface area contributed by atoms with Crippen molar-refractivity contribution in [3.8, 4) is 0 Å². The van der Waals surface area contributed by atoms with Crippen LogP contribution in [0.2, 0.25) is 0 Å². The monoisotopic (exact) mass is 362 g/mol. The highest BCUT2D eigenvalue weighted by molar-refractivity contribution is 8.01. The lowest BCUT2D eigenvalue weighted by Crippen LogP contribution is -2.35. The number of benzene rings is 1. The maximum absolute atomic E-state index is 12.7. The van der Waals surface area contributed by atoms with Gasteiger partial charge < -0.3 is 15.8 Å². The first kappa shape index (κ1) is 18.1. The number of alkyl halides is 3. The lowest BCUT2D eigenvalue weighted by molar-refractivity contribution is -0.154. The highest BCUT2D eigenvalue weighted by atomic mass is 32.2. The molecule has 0 spiro atoms. The summed E-state index contributed by atoms with van der Waals surface area (Å²) in [7, 11) is 0. The van der Waals surface area contributed by atoms with Gasteiger partial charge in [0.15, 0.2) is 6.10 Å². The van der Waals surface area contributed by atoms with Crippen molar-refractivity contribution in [3.63, 3.8) is 0 Å². The van der Waals surface area contributed by atoms with Gasteiger partial charge in [0.2, 0.25) is 5.91 Å². The van der Waals surface area contributed by atoms with Gasteiger partial charge in [-0.3, -0.25) is 14.4 Å². The standard InChI is InChI=1S/C14H13F3N2O4S/c1-6(12(18)21)23-11(20)5-10-13(22)19-8-4-7(14(15,16)17)2-3-9(8)24-10/h2-4,6,10H,5H2,1H3,(H2,18,21)(H,19,22)/t6-,10+/m1/s1. The van der Waals surface area contributed by atoms with Crippen LogP contribution in [0.4, 0.5) is 18.9 Å². The van der Waals surface area contributed by atoms with E-state index in [2.05, 4.69) is 5.32 Å². The van der Waals surface area contributed by atoms with Crippen molar-refractivity contribution < 1.29 is 32.3 Å². The third kappa shape index (κ3) is 4.19. The number of hydrogen-bond donors (Lipinski definition) is 2. The van der Waals surface area contributed by atoms with E-state index in [1.165, 1.54) is 13.0 Å². The number of ether oxygens (including phenoxy) is 1. The van der Waals surface area contributed by atoms with E-state index in [1.807, 2.05) is 0 Å². The fraction of sp³-hybridized carbons (Fsp3) is 0.357. The lowest BCUT2D eigenvalue weighted by atomic mass is 10.1. The van der Waals surface area contributed by atoms with Crippen molar-refractivity contribution in [1.29, 1.82) is 0 Å². The van der Waals surface area contributed by atoms with Gasteiger partial charge in [0.05, 0.1) is 22.9 Å². The van der Waals surface area contributed by atoms with Gasteiger partial charge in [0, 0.05) is 4.90 Å². The number of nitrogens with two attached hydrogens (primary N) is 1. The molecule has 0 aromatic heterocycles. The number of esters is 1. The molecule has 3 N–H and O–H groups in total. The molecule has 130 valence electrons. The predicted octanol–water partition coefficient (Wildman–Crippen LogP) is 1.93. The number of amides is 2. The van der Waals surface area contributed by atoms with Crippen LogP contribution in [0.3, 0.4) is 0 Å². The molecule has 1 aromatic carbocycles. The molecule has 2 atom stereocenters. The number of rotatable bonds is 4. The van der Waals surface area contributed by atoms with Crippen molar-refractivity contribution in [2.24, 2.45) is 5.73 Å². The van der Waals surface area contributed by atoms with Crippen LogP contribution in [-0.4, -0.2) is 29.1 Å². The van der Waals surface area contributed by atoms with Crippen molar-refractivity contribution in [1.82, 2.24) is 0 Å². The van der Waals surface area contributed by atoms with E-state index >= 15 is 0 Å². The Balaban J connectivity index is 2.09. The van der Waals surface area contributed by atoms with E-state index in [-0.39, 0.29) is 12.1 Å². The summed E-state index contributed by atoms with van der Waals surface area (Å²) in [5.41, 5.74) is 4.12. The topological polar surface area (TPSA) is 98.5 Å². The fourth-order valence-corrected chi connectivity index (χ4v) is 2.99. The second-order valence-corrected chi connectivity index (χ2v) is 6.29. The Morgan fingerprint density at radius 2 is 2.08 bits per heavy atom. The van der Waals surface area contributed by atoms with E-state index in [1.54, 1.807) is 0 Å². The maximum Gasteiger partial charge on any atom is 0.416 e. The number of hydrogen-bond acceptors (Lipinski definition) is 5. The molecule has 6 nitrogen and oxygen atoms in total. The number of primary amides is 1. The van der Waals surface area contributed by atoms with Gasteiger partial charge in [-0.25, -0.2) is 0 Å². The Labute approximate surface area is 138 Å². The summed E-state index contributed by atoms with van der Waals surface area (Å²) in [6.45, 7) is 1.29. The van der Waals surface area contributed by atoms with Crippen LogP contribution < -0.4 is 11.1 Å². The zero-order valence-corrected chi connectivity index (χ0v) is 13.2. The number of anilines is 1. The summed E-state index contributed by atoms with van der Waals surface area (Å²) in [6.07, 6.45) is -5.99. The zero-order valence-electron chi connectivity index (χ0n) is 12.3. The molecule has 0 aliphatic carbocycles. The van der Waals surface area contributed by atoms with Gasteiger partial charge in [-0.15, -0.1) is 11.8 Å². The quantitative estimate of drug-likeness (QED) is 0.798. The Morgan fingerprint density at radius 1 is 1.42 bits per heavy atom. The Morgan fingerprint density at radius 3 is 2.67 bits per heavy atom. The molecular formula is C14H13F3N2O4S. The van der Waals surface area contributed by atoms with Crippen LogP contribution in [0.25, 0.3) is 0 Å². The van der Waals surface area contributed by atoms with Crippen LogP contribution in [0.5, 0.6) is 0 Å². The van der Waals surface area contributed by atoms with Crippen molar-refractivity contribution in [2.75, 3.05) is 5.32 Å². The highest BCUT2D eigenvalue weighted by Gasteiger charge is 2.34. The predicted molar refractivity (Wildman–Crippen MR) is 79.1 cm³/mol. The van der Waals surface area contributed by atoms with Crippen LogP contribution in [0, 0.1) is 0 Å². The molecule has 1 aliphatic rings. The Kier molecular flexibility index (Phi) is 5.07. The number of carbonyl (C=O) groups excluding carboxylic acids is 3.